The van der Waals surface area contributed by atoms with Crippen LogP contribution in [0.1, 0.15) is 50.5 Å². The highest BCUT2D eigenvalue weighted by atomic mass is 127. The molecular formula is C20H31IN4O2. The van der Waals surface area contributed by atoms with Crippen molar-refractivity contribution in [2.75, 3.05) is 13.7 Å². The maximum Gasteiger partial charge on any atom is 0.213 e. The van der Waals surface area contributed by atoms with Gasteiger partial charge in [-0.1, -0.05) is 32.9 Å². The summed E-state index contributed by atoms with van der Waals surface area (Å²) < 4.78 is 11.3. The molecule has 0 unspecified atom stereocenters. The molecule has 1 aromatic carbocycles. The van der Waals surface area contributed by atoms with Gasteiger partial charge in [-0.05, 0) is 25.5 Å². The number of nitrogens with one attached hydrogen (secondary N) is 2. The zero-order valence-corrected chi connectivity index (χ0v) is 19.4. The average Bonchev–Trinajstić information content (AvgIpc) is 3.07. The summed E-state index contributed by atoms with van der Waals surface area (Å²) in [6, 6.07) is 6.13. The Bertz CT molecular complexity index is 751. The molecule has 0 amide bonds. The van der Waals surface area contributed by atoms with Crippen molar-refractivity contribution in [3.8, 4) is 5.75 Å². The lowest BCUT2D eigenvalue weighted by Gasteiger charge is -2.13. The van der Waals surface area contributed by atoms with Crippen LogP contribution in [0.15, 0.2) is 33.8 Å². The number of halogens is 1. The van der Waals surface area contributed by atoms with Gasteiger partial charge in [0.25, 0.3) is 0 Å². The number of oxazole rings is 1. The second-order valence-corrected chi connectivity index (χ2v) is 7.23. The highest BCUT2D eigenvalue weighted by Gasteiger charge is 2.19. The fourth-order valence-corrected chi connectivity index (χ4v) is 2.39. The molecule has 2 aromatic rings. The van der Waals surface area contributed by atoms with Crippen molar-refractivity contribution in [1.82, 2.24) is 15.6 Å². The molecule has 0 aliphatic rings. The first-order valence-corrected chi connectivity index (χ1v) is 8.94. The molecule has 0 radical (unpaired) electrons. The summed E-state index contributed by atoms with van der Waals surface area (Å²) in [6.07, 6.45) is 1.79. The summed E-state index contributed by atoms with van der Waals surface area (Å²) in [4.78, 5) is 8.98. The summed E-state index contributed by atoms with van der Waals surface area (Å²) in [5, 5.41) is 6.50. The van der Waals surface area contributed by atoms with E-state index in [1.165, 1.54) is 0 Å². The molecule has 0 aliphatic heterocycles. The number of aliphatic imine (C=N–C) groups is 1. The lowest BCUT2D eigenvalue weighted by Crippen LogP contribution is -2.36. The first-order valence-electron chi connectivity index (χ1n) is 8.94. The molecule has 2 N–H and O–H groups in total. The molecular weight excluding hydrogens is 455 g/mol. The molecule has 1 heterocycles. The molecule has 150 valence electrons. The van der Waals surface area contributed by atoms with Crippen molar-refractivity contribution in [1.29, 1.82) is 0 Å². The molecule has 0 aliphatic carbocycles. The molecule has 1 aromatic heterocycles. The van der Waals surface area contributed by atoms with Crippen LogP contribution in [0.5, 0.6) is 5.75 Å². The number of hydrogen-bond acceptors (Lipinski definition) is 4. The van der Waals surface area contributed by atoms with E-state index in [4.69, 9.17) is 9.15 Å². The first kappa shape index (κ1) is 23.3. The van der Waals surface area contributed by atoms with Gasteiger partial charge in [-0.25, -0.2) is 9.98 Å². The molecule has 6 nitrogen and oxygen atoms in total. The molecule has 0 spiro atoms. The van der Waals surface area contributed by atoms with E-state index in [1.54, 1.807) is 13.3 Å². The van der Waals surface area contributed by atoms with Gasteiger partial charge in [-0.3, -0.25) is 0 Å². The molecule has 0 saturated carbocycles. The summed E-state index contributed by atoms with van der Waals surface area (Å²) in [5.74, 6) is 3.09. The minimum Gasteiger partial charge on any atom is -0.496 e. The quantitative estimate of drug-likeness (QED) is 0.365. The SMILES string of the molecule is CCNC(=NCc1ccc(C)cc1OC)NCc1ncc(C(C)(C)C)o1.I. The smallest absolute Gasteiger partial charge is 0.213 e. The Morgan fingerprint density at radius 2 is 2.00 bits per heavy atom. The minimum absolute atomic E-state index is 0. The van der Waals surface area contributed by atoms with Gasteiger partial charge in [-0.15, -0.1) is 24.0 Å². The predicted molar refractivity (Wildman–Crippen MR) is 120 cm³/mol. The van der Waals surface area contributed by atoms with E-state index in [0.717, 1.165) is 29.2 Å². The third-order valence-electron chi connectivity index (χ3n) is 3.89. The lowest BCUT2D eigenvalue weighted by molar-refractivity contribution is 0.379. The number of methoxy groups -OCH3 is 1. The van der Waals surface area contributed by atoms with Gasteiger partial charge < -0.3 is 19.8 Å². The van der Waals surface area contributed by atoms with Gasteiger partial charge in [-0.2, -0.15) is 0 Å². The fourth-order valence-electron chi connectivity index (χ4n) is 2.39. The Morgan fingerprint density at radius 1 is 1.26 bits per heavy atom. The van der Waals surface area contributed by atoms with E-state index >= 15 is 0 Å². The zero-order chi connectivity index (χ0) is 19.2. The second kappa shape index (κ2) is 10.5. The number of rotatable bonds is 6. The van der Waals surface area contributed by atoms with E-state index < -0.39 is 0 Å². The largest absolute Gasteiger partial charge is 0.496 e. The Kier molecular flexibility index (Phi) is 9.08. The maximum absolute atomic E-state index is 5.81. The van der Waals surface area contributed by atoms with Gasteiger partial charge in [0, 0.05) is 17.5 Å². The van der Waals surface area contributed by atoms with E-state index in [1.807, 2.05) is 26.0 Å². The third-order valence-corrected chi connectivity index (χ3v) is 3.89. The van der Waals surface area contributed by atoms with Crippen LogP contribution in [-0.4, -0.2) is 24.6 Å². The molecule has 0 bridgehead atoms. The Balaban J connectivity index is 0.00000364. The van der Waals surface area contributed by atoms with Crippen LogP contribution in [0, 0.1) is 6.92 Å². The van der Waals surface area contributed by atoms with E-state index in [0.29, 0.717) is 24.9 Å². The van der Waals surface area contributed by atoms with E-state index in [2.05, 4.69) is 47.4 Å². The first-order chi connectivity index (χ1) is 12.3. The normalized spacial score (nSPS) is 11.7. The van der Waals surface area contributed by atoms with Crippen LogP contribution in [0.25, 0.3) is 0 Å². The van der Waals surface area contributed by atoms with Gasteiger partial charge in [0.1, 0.15) is 11.5 Å². The summed E-state index contributed by atoms with van der Waals surface area (Å²) >= 11 is 0. The summed E-state index contributed by atoms with van der Waals surface area (Å²) in [5.41, 5.74) is 2.16. The van der Waals surface area contributed by atoms with Gasteiger partial charge in [0.05, 0.1) is 26.4 Å². The van der Waals surface area contributed by atoms with Crippen LogP contribution < -0.4 is 15.4 Å². The van der Waals surface area contributed by atoms with Crippen LogP contribution in [-0.2, 0) is 18.5 Å². The third kappa shape index (κ3) is 7.04. The number of nitrogens with zero attached hydrogens (tertiary/aromatic N) is 2. The van der Waals surface area contributed by atoms with Crippen LogP contribution in [0.3, 0.4) is 0 Å². The molecule has 7 heteroatoms. The van der Waals surface area contributed by atoms with Crippen molar-refractivity contribution >= 4 is 29.9 Å². The average molecular weight is 486 g/mol. The van der Waals surface area contributed by atoms with Gasteiger partial charge in [0.2, 0.25) is 5.89 Å². The molecule has 0 fully saturated rings. The molecule has 2 rings (SSSR count). The monoisotopic (exact) mass is 486 g/mol. The Morgan fingerprint density at radius 3 is 2.59 bits per heavy atom. The van der Waals surface area contributed by atoms with Crippen LogP contribution in [0.4, 0.5) is 0 Å². The van der Waals surface area contributed by atoms with Crippen molar-refractivity contribution < 1.29 is 9.15 Å². The number of hydrogen-bond donors (Lipinski definition) is 2. The highest BCUT2D eigenvalue weighted by Crippen LogP contribution is 2.22. The van der Waals surface area contributed by atoms with Crippen molar-refractivity contribution in [2.24, 2.45) is 4.99 Å². The summed E-state index contributed by atoms with van der Waals surface area (Å²) in [6.45, 7) is 12.2. The van der Waals surface area contributed by atoms with Crippen molar-refractivity contribution in [3.05, 3.63) is 47.2 Å². The lowest BCUT2D eigenvalue weighted by atomic mass is 9.94. The maximum atomic E-state index is 5.81. The molecule has 0 saturated heterocycles. The van der Waals surface area contributed by atoms with E-state index in [-0.39, 0.29) is 29.4 Å². The Labute approximate surface area is 179 Å². The second-order valence-electron chi connectivity index (χ2n) is 7.23. The molecule has 27 heavy (non-hydrogen) atoms. The van der Waals surface area contributed by atoms with Gasteiger partial charge in [0.15, 0.2) is 5.96 Å². The topological polar surface area (TPSA) is 71.7 Å². The number of aromatic nitrogens is 1. The van der Waals surface area contributed by atoms with Crippen molar-refractivity contribution in [2.45, 2.75) is 53.1 Å². The highest BCUT2D eigenvalue weighted by molar-refractivity contribution is 14.0. The van der Waals surface area contributed by atoms with Crippen LogP contribution >= 0.6 is 24.0 Å². The number of aryl methyl sites for hydroxylation is 1. The minimum atomic E-state index is -0.0498. The number of guanidine groups is 1. The zero-order valence-electron chi connectivity index (χ0n) is 17.0. The summed E-state index contributed by atoms with van der Waals surface area (Å²) in [7, 11) is 1.68. The Hall–Kier alpha value is -1.77. The van der Waals surface area contributed by atoms with Gasteiger partial charge >= 0.3 is 0 Å². The number of ether oxygens (including phenoxy) is 1. The standard InChI is InChI=1S/C20H30N4O2.HI/c1-7-21-19(23-11-15-9-8-14(2)10-16(15)25-6)24-13-18-22-12-17(26-18)20(3,4)5;/h8-10,12H,7,11,13H2,1-6H3,(H2,21,23,24);1H. The number of benzene rings is 1. The van der Waals surface area contributed by atoms with Crippen LogP contribution in [0.2, 0.25) is 0 Å². The predicted octanol–water partition coefficient (Wildman–Crippen LogP) is 4.16. The fraction of sp³-hybridized carbons (Fsp3) is 0.500. The van der Waals surface area contributed by atoms with Crippen molar-refractivity contribution in [3.63, 3.8) is 0 Å². The van der Waals surface area contributed by atoms with E-state index in [9.17, 15) is 0 Å². The molecule has 0 atom stereocenters.